The lowest BCUT2D eigenvalue weighted by atomic mass is 10.1. The molecule has 104 valence electrons. The van der Waals surface area contributed by atoms with E-state index in [9.17, 15) is 0 Å². The molecule has 0 aliphatic heterocycles. The summed E-state index contributed by atoms with van der Waals surface area (Å²) in [6.45, 7) is 0. The molecule has 3 aromatic heterocycles. The normalized spacial score (nSPS) is 10.5. The fraction of sp³-hybridized carbons (Fsp3) is 0. The first-order valence-electron chi connectivity index (χ1n) is 6.20. The third kappa shape index (κ3) is 2.57. The first-order chi connectivity index (χ1) is 10.1. The average molecular weight is 279 g/mol. The van der Waals surface area contributed by atoms with Gasteiger partial charge < -0.3 is 17.2 Å². The number of aromatic nitrogens is 4. The van der Waals surface area contributed by atoms with Crippen LogP contribution in [0.15, 0.2) is 42.9 Å². The highest BCUT2D eigenvalue weighted by atomic mass is 14.9. The second-order valence-electron chi connectivity index (χ2n) is 4.43. The highest BCUT2D eigenvalue weighted by Crippen LogP contribution is 2.25. The molecule has 0 saturated carbocycles. The number of anilines is 3. The Balaban J connectivity index is 2.07. The Morgan fingerprint density at radius 1 is 0.667 bits per heavy atom. The summed E-state index contributed by atoms with van der Waals surface area (Å²) < 4.78 is 0. The highest BCUT2D eigenvalue weighted by Gasteiger charge is 2.09. The molecule has 0 amide bonds. The Bertz CT molecular complexity index is 766. The van der Waals surface area contributed by atoms with Crippen LogP contribution < -0.4 is 17.2 Å². The number of nitrogens with two attached hydrogens (primary N) is 3. The molecule has 0 unspecified atom stereocenters. The van der Waals surface area contributed by atoms with E-state index in [2.05, 4.69) is 19.9 Å². The predicted octanol–water partition coefficient (Wildman–Crippen LogP) is 1.35. The van der Waals surface area contributed by atoms with Gasteiger partial charge in [0.15, 0.2) is 0 Å². The fourth-order valence-electron chi connectivity index (χ4n) is 1.85. The molecule has 0 aliphatic rings. The zero-order valence-corrected chi connectivity index (χ0v) is 11.1. The van der Waals surface area contributed by atoms with Crippen LogP contribution in [0.2, 0.25) is 0 Å². The van der Waals surface area contributed by atoms with E-state index in [-0.39, 0.29) is 0 Å². The fourth-order valence-corrected chi connectivity index (χ4v) is 1.85. The Morgan fingerprint density at radius 3 is 1.86 bits per heavy atom. The van der Waals surface area contributed by atoms with E-state index in [4.69, 9.17) is 17.2 Å². The maximum atomic E-state index is 5.89. The van der Waals surface area contributed by atoms with E-state index in [1.807, 2.05) is 6.07 Å². The second kappa shape index (κ2) is 5.04. The van der Waals surface area contributed by atoms with Crippen LogP contribution in [0.1, 0.15) is 0 Å². The van der Waals surface area contributed by atoms with E-state index in [1.165, 1.54) is 0 Å². The van der Waals surface area contributed by atoms with Gasteiger partial charge in [0.2, 0.25) is 0 Å². The summed E-state index contributed by atoms with van der Waals surface area (Å²) in [5.74, 6) is 1.21. The molecule has 0 aliphatic carbocycles. The average Bonchev–Trinajstić information content (AvgIpc) is 2.50. The van der Waals surface area contributed by atoms with Crippen LogP contribution in [-0.2, 0) is 0 Å². The molecule has 0 radical (unpaired) electrons. The molecular formula is C14H13N7. The van der Waals surface area contributed by atoms with Crippen molar-refractivity contribution >= 4 is 17.5 Å². The molecule has 7 heteroatoms. The number of hydrogen-bond donors (Lipinski definition) is 3. The molecule has 3 aromatic rings. The molecule has 3 heterocycles. The van der Waals surface area contributed by atoms with E-state index in [1.54, 1.807) is 36.8 Å². The largest absolute Gasteiger partial charge is 0.384 e. The predicted molar refractivity (Wildman–Crippen MR) is 81.7 cm³/mol. The summed E-state index contributed by atoms with van der Waals surface area (Å²) >= 11 is 0. The SMILES string of the molecule is Nc1ccc(-c2cnc(N)c(-c3ccc(N)nc3)n2)cn1. The van der Waals surface area contributed by atoms with Crippen LogP contribution in [0, 0.1) is 0 Å². The highest BCUT2D eigenvalue weighted by molar-refractivity contribution is 5.72. The molecule has 0 saturated heterocycles. The Labute approximate surface area is 120 Å². The van der Waals surface area contributed by atoms with Crippen molar-refractivity contribution in [2.75, 3.05) is 17.2 Å². The van der Waals surface area contributed by atoms with Gasteiger partial charge in [-0.1, -0.05) is 0 Å². The topological polar surface area (TPSA) is 130 Å². The van der Waals surface area contributed by atoms with Gasteiger partial charge in [-0.2, -0.15) is 0 Å². The molecule has 0 atom stereocenters. The van der Waals surface area contributed by atoms with Gasteiger partial charge in [-0.25, -0.2) is 19.9 Å². The van der Waals surface area contributed by atoms with Gasteiger partial charge in [-0.15, -0.1) is 0 Å². The Morgan fingerprint density at radius 2 is 1.29 bits per heavy atom. The van der Waals surface area contributed by atoms with Gasteiger partial charge in [0.1, 0.15) is 23.1 Å². The summed E-state index contributed by atoms with van der Waals surface area (Å²) in [4.78, 5) is 16.8. The molecule has 3 rings (SSSR count). The maximum absolute atomic E-state index is 5.89. The van der Waals surface area contributed by atoms with Crippen LogP contribution in [0.4, 0.5) is 17.5 Å². The zero-order chi connectivity index (χ0) is 14.8. The van der Waals surface area contributed by atoms with Crippen molar-refractivity contribution in [2.45, 2.75) is 0 Å². The molecule has 0 fully saturated rings. The first kappa shape index (κ1) is 12.8. The number of nitrogens with zero attached hydrogens (tertiary/aromatic N) is 4. The minimum absolute atomic E-state index is 0.328. The first-order valence-corrected chi connectivity index (χ1v) is 6.20. The molecular weight excluding hydrogens is 266 g/mol. The van der Waals surface area contributed by atoms with Crippen LogP contribution in [-0.4, -0.2) is 19.9 Å². The molecule has 0 bridgehead atoms. The maximum Gasteiger partial charge on any atom is 0.150 e. The summed E-state index contributed by atoms with van der Waals surface area (Å²) in [6.07, 6.45) is 4.85. The van der Waals surface area contributed by atoms with E-state index < -0.39 is 0 Å². The van der Waals surface area contributed by atoms with Gasteiger partial charge in [-0.05, 0) is 24.3 Å². The molecule has 7 nitrogen and oxygen atoms in total. The summed E-state index contributed by atoms with van der Waals surface area (Å²) in [7, 11) is 0. The van der Waals surface area contributed by atoms with Crippen molar-refractivity contribution < 1.29 is 0 Å². The van der Waals surface area contributed by atoms with Gasteiger partial charge >= 0.3 is 0 Å². The summed E-state index contributed by atoms with van der Waals surface area (Å²) in [5.41, 5.74) is 19.8. The van der Waals surface area contributed by atoms with Crippen LogP contribution in [0.5, 0.6) is 0 Å². The van der Waals surface area contributed by atoms with Gasteiger partial charge in [0, 0.05) is 23.5 Å². The molecule has 0 aromatic carbocycles. The van der Waals surface area contributed by atoms with Crippen molar-refractivity contribution in [1.29, 1.82) is 0 Å². The lowest BCUT2D eigenvalue weighted by molar-refractivity contribution is 1.20. The molecule has 21 heavy (non-hydrogen) atoms. The third-order valence-electron chi connectivity index (χ3n) is 2.94. The van der Waals surface area contributed by atoms with Crippen molar-refractivity contribution in [1.82, 2.24) is 19.9 Å². The zero-order valence-electron chi connectivity index (χ0n) is 11.1. The smallest absolute Gasteiger partial charge is 0.150 e. The van der Waals surface area contributed by atoms with E-state index in [0.29, 0.717) is 28.8 Å². The Hall–Kier alpha value is -3.22. The lowest BCUT2D eigenvalue weighted by Gasteiger charge is -2.07. The minimum Gasteiger partial charge on any atom is -0.384 e. The quantitative estimate of drug-likeness (QED) is 0.645. The van der Waals surface area contributed by atoms with E-state index >= 15 is 0 Å². The second-order valence-corrected chi connectivity index (χ2v) is 4.43. The van der Waals surface area contributed by atoms with Crippen molar-refractivity contribution in [3.63, 3.8) is 0 Å². The van der Waals surface area contributed by atoms with Crippen molar-refractivity contribution in [3.05, 3.63) is 42.9 Å². The van der Waals surface area contributed by atoms with Crippen LogP contribution in [0.3, 0.4) is 0 Å². The van der Waals surface area contributed by atoms with E-state index in [0.717, 1.165) is 11.1 Å². The standard InChI is InChI=1S/C14H13N7/c15-11-3-1-8(5-18-11)10-7-20-14(17)13(21-10)9-2-4-12(16)19-6-9/h1-7H,(H2,15,18)(H2,16,19)(H2,17,20). The summed E-state index contributed by atoms with van der Waals surface area (Å²) in [5, 5.41) is 0. The number of rotatable bonds is 2. The van der Waals surface area contributed by atoms with Crippen LogP contribution >= 0.6 is 0 Å². The van der Waals surface area contributed by atoms with Crippen molar-refractivity contribution in [2.24, 2.45) is 0 Å². The molecule has 0 spiro atoms. The monoisotopic (exact) mass is 279 g/mol. The Kier molecular flexibility index (Phi) is 3.07. The number of pyridine rings is 2. The van der Waals surface area contributed by atoms with Gasteiger partial charge in [-0.3, -0.25) is 0 Å². The lowest BCUT2D eigenvalue weighted by Crippen LogP contribution is -2.00. The van der Waals surface area contributed by atoms with Gasteiger partial charge in [0.25, 0.3) is 0 Å². The van der Waals surface area contributed by atoms with Crippen molar-refractivity contribution in [3.8, 4) is 22.5 Å². The minimum atomic E-state index is 0.328. The van der Waals surface area contributed by atoms with Gasteiger partial charge in [0.05, 0.1) is 11.9 Å². The number of nitrogen functional groups attached to an aromatic ring is 3. The molecule has 6 N–H and O–H groups in total. The van der Waals surface area contributed by atoms with Crippen LogP contribution in [0.25, 0.3) is 22.5 Å². The number of hydrogen-bond acceptors (Lipinski definition) is 7. The third-order valence-corrected chi connectivity index (χ3v) is 2.94. The summed E-state index contributed by atoms with van der Waals surface area (Å²) in [6, 6.07) is 7.02.